The number of rotatable bonds is 9. The van der Waals surface area contributed by atoms with Gasteiger partial charge in [0.25, 0.3) is 0 Å². The Bertz CT molecular complexity index is 1870. The van der Waals surface area contributed by atoms with Gasteiger partial charge in [-0.15, -0.1) is 0 Å². The van der Waals surface area contributed by atoms with Crippen LogP contribution in [0, 0.1) is 30.2 Å². The summed E-state index contributed by atoms with van der Waals surface area (Å²) >= 11 is 0. The highest BCUT2D eigenvalue weighted by atomic mass is 19.1. The van der Waals surface area contributed by atoms with E-state index < -0.39 is 29.2 Å². The average Bonchev–Trinajstić information content (AvgIpc) is 3.29. The van der Waals surface area contributed by atoms with Crippen LogP contribution in [0.25, 0.3) is 22.4 Å². The highest BCUT2D eigenvalue weighted by Crippen LogP contribution is 2.29. The first-order valence-corrected chi connectivity index (χ1v) is 13.4. The van der Waals surface area contributed by atoms with Crippen LogP contribution < -0.4 is 4.74 Å². The fourth-order valence-corrected chi connectivity index (χ4v) is 4.86. The summed E-state index contributed by atoms with van der Waals surface area (Å²) in [5, 5.41) is 9.40. The van der Waals surface area contributed by atoms with Gasteiger partial charge >= 0.3 is 5.97 Å². The van der Waals surface area contributed by atoms with Crippen LogP contribution in [0.1, 0.15) is 39.3 Å². The van der Waals surface area contributed by atoms with Gasteiger partial charge in [-0.1, -0.05) is 12.1 Å². The molecule has 3 heterocycles. The van der Waals surface area contributed by atoms with E-state index >= 15 is 8.78 Å². The molecule has 1 saturated heterocycles. The van der Waals surface area contributed by atoms with Crippen molar-refractivity contribution in [3.63, 3.8) is 0 Å². The van der Waals surface area contributed by atoms with Gasteiger partial charge in [-0.2, -0.15) is 4.98 Å². The van der Waals surface area contributed by atoms with E-state index in [9.17, 15) is 18.7 Å². The predicted molar refractivity (Wildman–Crippen MR) is 147 cm³/mol. The zero-order valence-electron chi connectivity index (χ0n) is 22.8. The fourth-order valence-electron chi connectivity index (χ4n) is 4.86. The SMILES string of the molecule is Cc1ccc(COc2ccnc(-c3cc(F)c(Cc4nc5c(F)cc(C(=O)O)cc5n4C[C@@H]4CCO4)cc3F)n2)c(F)c1. The van der Waals surface area contributed by atoms with Crippen molar-refractivity contribution in [3.05, 3.63) is 106 Å². The van der Waals surface area contributed by atoms with Crippen LogP contribution in [0.4, 0.5) is 17.6 Å². The molecule has 1 fully saturated rings. The highest BCUT2D eigenvalue weighted by Gasteiger charge is 2.25. The number of benzene rings is 3. The van der Waals surface area contributed by atoms with E-state index in [1.165, 1.54) is 24.4 Å². The lowest BCUT2D eigenvalue weighted by atomic mass is 10.1. The molecule has 0 unspecified atom stereocenters. The number of aromatic carboxylic acids is 1. The second kappa shape index (κ2) is 11.4. The maximum Gasteiger partial charge on any atom is 0.335 e. The van der Waals surface area contributed by atoms with E-state index in [-0.39, 0.29) is 70.9 Å². The molecule has 1 N–H and O–H groups in total. The molecule has 0 amide bonds. The Hall–Kier alpha value is -4.84. The van der Waals surface area contributed by atoms with E-state index in [0.717, 1.165) is 30.2 Å². The van der Waals surface area contributed by atoms with Gasteiger partial charge in [-0.3, -0.25) is 0 Å². The third kappa shape index (κ3) is 5.78. The van der Waals surface area contributed by atoms with E-state index in [1.807, 2.05) is 0 Å². The molecule has 5 aromatic rings. The Kier molecular flexibility index (Phi) is 7.53. The quantitative estimate of drug-likeness (QED) is 0.209. The molecule has 220 valence electrons. The van der Waals surface area contributed by atoms with Crippen LogP contribution in [0.3, 0.4) is 0 Å². The Morgan fingerprint density at radius 3 is 2.51 bits per heavy atom. The maximum atomic E-state index is 15.4. The van der Waals surface area contributed by atoms with Gasteiger partial charge < -0.3 is 19.1 Å². The Balaban J connectivity index is 1.29. The third-order valence-corrected chi connectivity index (χ3v) is 7.25. The number of hydrogen-bond donors (Lipinski definition) is 1. The van der Waals surface area contributed by atoms with Gasteiger partial charge in [-0.05, 0) is 54.8 Å². The number of aryl methyl sites for hydroxylation is 1. The van der Waals surface area contributed by atoms with Crippen molar-refractivity contribution in [2.75, 3.05) is 6.61 Å². The summed E-state index contributed by atoms with van der Waals surface area (Å²) < 4.78 is 72.4. The molecule has 43 heavy (non-hydrogen) atoms. The molecule has 6 rings (SSSR count). The number of halogens is 4. The molecule has 12 heteroatoms. The average molecular weight is 593 g/mol. The Morgan fingerprint density at radius 2 is 1.79 bits per heavy atom. The minimum Gasteiger partial charge on any atom is -0.478 e. The summed E-state index contributed by atoms with van der Waals surface area (Å²) in [4.78, 5) is 24.1. The number of nitrogens with zero attached hydrogens (tertiary/aromatic N) is 4. The molecular weight excluding hydrogens is 568 g/mol. The molecule has 3 aromatic carbocycles. The summed E-state index contributed by atoms with van der Waals surface area (Å²) in [5.74, 6) is -4.05. The standard InChI is InChI=1S/C31H24F4N4O4/c1-16-2-3-17(22(32)8-16)15-43-28-4-6-36-30(38-28)21-13-23(33)18(9-24(21)34)12-27-37-29-25(35)10-19(31(40)41)11-26(29)39(27)14-20-5-7-42-20/h2-4,6,8-11,13,20H,5,7,12,14-15H2,1H3,(H,40,41)/t20-/m0/s1. The van der Waals surface area contributed by atoms with E-state index in [2.05, 4.69) is 15.0 Å². The Labute approximate surface area is 242 Å². The molecular formula is C31H24F4N4O4. The van der Waals surface area contributed by atoms with Crippen molar-refractivity contribution in [2.24, 2.45) is 0 Å². The van der Waals surface area contributed by atoms with Crippen molar-refractivity contribution >= 4 is 17.0 Å². The largest absolute Gasteiger partial charge is 0.478 e. The van der Waals surface area contributed by atoms with Crippen LogP contribution in [-0.2, 0) is 24.3 Å². The van der Waals surface area contributed by atoms with Gasteiger partial charge in [0.2, 0.25) is 5.88 Å². The number of fused-ring (bicyclic) bond motifs is 1. The minimum atomic E-state index is -1.31. The number of carboxylic acids is 1. The number of carboxylic acid groups (broad SMARTS) is 1. The zero-order valence-corrected chi connectivity index (χ0v) is 22.8. The fraction of sp³-hybridized carbons (Fsp3) is 0.226. The summed E-state index contributed by atoms with van der Waals surface area (Å²) in [7, 11) is 0. The van der Waals surface area contributed by atoms with Crippen LogP contribution in [0.5, 0.6) is 5.88 Å². The normalized spacial score (nSPS) is 14.6. The number of carbonyl (C=O) groups is 1. The number of ether oxygens (including phenoxy) is 2. The second-order valence-electron chi connectivity index (χ2n) is 10.3. The highest BCUT2D eigenvalue weighted by molar-refractivity contribution is 5.92. The summed E-state index contributed by atoms with van der Waals surface area (Å²) in [6.45, 7) is 2.43. The van der Waals surface area contributed by atoms with Crippen molar-refractivity contribution in [2.45, 2.75) is 39.0 Å². The molecule has 0 saturated carbocycles. The molecule has 8 nitrogen and oxygen atoms in total. The van der Waals surface area contributed by atoms with Gasteiger partial charge in [-0.25, -0.2) is 32.3 Å². The third-order valence-electron chi connectivity index (χ3n) is 7.25. The molecule has 1 aliphatic rings. The minimum absolute atomic E-state index is 0.0450. The van der Waals surface area contributed by atoms with Crippen LogP contribution in [0.2, 0.25) is 0 Å². The van der Waals surface area contributed by atoms with Gasteiger partial charge in [0.1, 0.15) is 35.4 Å². The molecule has 1 aliphatic heterocycles. The molecule has 0 bridgehead atoms. The van der Waals surface area contributed by atoms with E-state index in [1.54, 1.807) is 23.6 Å². The lowest BCUT2D eigenvalue weighted by Gasteiger charge is -2.27. The van der Waals surface area contributed by atoms with Crippen LogP contribution in [0.15, 0.2) is 54.7 Å². The van der Waals surface area contributed by atoms with E-state index in [0.29, 0.717) is 12.2 Å². The molecule has 1 atom stereocenters. The zero-order chi connectivity index (χ0) is 30.2. The van der Waals surface area contributed by atoms with Gasteiger partial charge in [0.15, 0.2) is 11.6 Å². The molecule has 0 spiro atoms. The van der Waals surface area contributed by atoms with Crippen molar-refractivity contribution in [3.8, 4) is 17.3 Å². The number of imidazole rings is 1. The van der Waals surface area contributed by atoms with Crippen LogP contribution >= 0.6 is 0 Å². The lowest BCUT2D eigenvalue weighted by Crippen LogP contribution is -2.31. The van der Waals surface area contributed by atoms with Crippen molar-refractivity contribution in [1.29, 1.82) is 0 Å². The summed E-state index contributed by atoms with van der Waals surface area (Å²) in [6, 6.07) is 10.2. The first kappa shape index (κ1) is 28.3. The van der Waals surface area contributed by atoms with Crippen molar-refractivity contribution in [1.82, 2.24) is 19.5 Å². The van der Waals surface area contributed by atoms with Crippen molar-refractivity contribution < 1.29 is 36.9 Å². The summed E-state index contributed by atoms with van der Waals surface area (Å²) in [6.07, 6.45) is 1.64. The smallest absolute Gasteiger partial charge is 0.335 e. The number of aromatic nitrogens is 4. The first-order valence-electron chi connectivity index (χ1n) is 13.4. The van der Waals surface area contributed by atoms with Gasteiger partial charge in [0.05, 0.1) is 29.3 Å². The topological polar surface area (TPSA) is 99.4 Å². The van der Waals surface area contributed by atoms with Gasteiger partial charge in [0, 0.05) is 30.9 Å². The Morgan fingerprint density at radius 1 is 1.00 bits per heavy atom. The maximum absolute atomic E-state index is 15.4. The summed E-state index contributed by atoms with van der Waals surface area (Å²) in [5.41, 5.74) is 0.667. The lowest BCUT2D eigenvalue weighted by molar-refractivity contribution is -0.0589. The molecule has 0 aliphatic carbocycles. The van der Waals surface area contributed by atoms with E-state index in [4.69, 9.17) is 9.47 Å². The molecule has 2 aromatic heterocycles. The van der Waals surface area contributed by atoms with Crippen LogP contribution in [-0.4, -0.2) is 43.3 Å². The molecule has 0 radical (unpaired) electrons. The number of hydrogen-bond acceptors (Lipinski definition) is 6. The second-order valence-corrected chi connectivity index (χ2v) is 10.3. The monoisotopic (exact) mass is 592 g/mol. The predicted octanol–water partition coefficient (Wildman–Crippen LogP) is 6.02. The first-order chi connectivity index (χ1) is 20.7.